The lowest BCUT2D eigenvalue weighted by Crippen LogP contribution is -2.47. The van der Waals surface area contributed by atoms with Crippen LogP contribution in [0.3, 0.4) is 0 Å². The van der Waals surface area contributed by atoms with Gasteiger partial charge in [0.05, 0.1) is 30.5 Å². The Balaban J connectivity index is 0.000000212. The van der Waals surface area contributed by atoms with Crippen LogP contribution < -0.4 is 5.73 Å². The summed E-state index contributed by atoms with van der Waals surface area (Å²) in [6.07, 6.45) is -0.154. The number of aromatic nitrogens is 3. The average Bonchev–Trinajstić information content (AvgIpc) is 3.19. The number of nitrogens with zero attached hydrogens (tertiary/aromatic N) is 4. The second-order valence-electron chi connectivity index (χ2n) is 8.48. The second kappa shape index (κ2) is 8.93. The minimum Gasteiger partial charge on any atom is -0.383 e. The van der Waals surface area contributed by atoms with E-state index in [2.05, 4.69) is 21.8 Å². The summed E-state index contributed by atoms with van der Waals surface area (Å²) in [5.74, 6) is 1.37. The molecule has 30 heavy (non-hydrogen) atoms. The maximum absolute atomic E-state index is 12.8. The Bertz CT molecular complexity index is 861. The molecule has 0 bridgehead atoms. The standard InChI is InChI=1S/C13H15F3N4.C8H15NO/c1-7(2)12-19-10(6-20(12)3)8-4-9(13(14,15)16)11(17)18-5-8;1-7-2-3-9(4-7)8-5-10-6-8/h4-7H,1-3H3,(H2,17,18);7-8H,2-6H2,1H3. The van der Waals surface area contributed by atoms with Crippen molar-refractivity contribution in [2.24, 2.45) is 13.0 Å². The molecule has 2 saturated heterocycles. The lowest BCUT2D eigenvalue weighted by molar-refractivity contribution is -0.137. The Hall–Kier alpha value is -2.13. The summed E-state index contributed by atoms with van der Waals surface area (Å²) in [5, 5.41) is 0. The highest BCUT2D eigenvalue weighted by atomic mass is 19.4. The summed E-state index contributed by atoms with van der Waals surface area (Å²) < 4.78 is 45.4. The molecule has 2 aliphatic rings. The van der Waals surface area contributed by atoms with E-state index in [1.54, 1.807) is 17.8 Å². The number of rotatable bonds is 3. The van der Waals surface area contributed by atoms with Crippen LogP contribution in [0.15, 0.2) is 18.5 Å². The van der Waals surface area contributed by atoms with E-state index in [1.807, 2.05) is 13.8 Å². The molecule has 2 aliphatic heterocycles. The maximum Gasteiger partial charge on any atom is 0.419 e. The molecule has 4 rings (SSSR count). The first-order valence-electron chi connectivity index (χ1n) is 10.2. The second-order valence-corrected chi connectivity index (χ2v) is 8.48. The van der Waals surface area contributed by atoms with Gasteiger partial charge in [0, 0.05) is 37.5 Å². The van der Waals surface area contributed by atoms with Crippen molar-refractivity contribution in [3.63, 3.8) is 0 Å². The van der Waals surface area contributed by atoms with Crippen LogP contribution in [0.25, 0.3) is 11.3 Å². The predicted octanol–water partition coefficient (Wildman–Crippen LogP) is 3.93. The van der Waals surface area contributed by atoms with Crippen molar-refractivity contribution in [2.45, 2.75) is 45.3 Å². The van der Waals surface area contributed by atoms with E-state index in [-0.39, 0.29) is 5.92 Å². The number of imidazole rings is 1. The molecule has 2 N–H and O–H groups in total. The van der Waals surface area contributed by atoms with Crippen molar-refractivity contribution in [1.82, 2.24) is 19.4 Å². The lowest BCUT2D eigenvalue weighted by Gasteiger charge is -2.34. The van der Waals surface area contributed by atoms with E-state index in [1.165, 1.54) is 25.7 Å². The lowest BCUT2D eigenvalue weighted by atomic mass is 10.1. The smallest absolute Gasteiger partial charge is 0.383 e. The van der Waals surface area contributed by atoms with Crippen LogP contribution in [0.4, 0.5) is 19.0 Å². The van der Waals surface area contributed by atoms with Gasteiger partial charge < -0.3 is 15.0 Å². The molecule has 9 heteroatoms. The fraction of sp³-hybridized carbons (Fsp3) is 0.619. The van der Waals surface area contributed by atoms with Gasteiger partial charge in [-0.1, -0.05) is 20.8 Å². The number of anilines is 1. The van der Waals surface area contributed by atoms with E-state index in [0.29, 0.717) is 11.3 Å². The number of alkyl halides is 3. The molecule has 0 aromatic carbocycles. The van der Waals surface area contributed by atoms with E-state index >= 15 is 0 Å². The third-order valence-corrected chi connectivity index (χ3v) is 5.54. The molecular weight excluding hydrogens is 395 g/mol. The van der Waals surface area contributed by atoms with Crippen LogP contribution in [0.5, 0.6) is 0 Å². The minimum absolute atomic E-state index is 0.178. The van der Waals surface area contributed by atoms with Crippen LogP contribution in [0.2, 0.25) is 0 Å². The van der Waals surface area contributed by atoms with Gasteiger partial charge in [-0.05, 0) is 24.9 Å². The minimum atomic E-state index is -4.53. The topological polar surface area (TPSA) is 69.2 Å². The number of halogens is 3. The van der Waals surface area contributed by atoms with E-state index < -0.39 is 17.6 Å². The summed E-state index contributed by atoms with van der Waals surface area (Å²) in [6, 6.07) is 1.75. The highest BCUT2D eigenvalue weighted by molar-refractivity contribution is 5.62. The van der Waals surface area contributed by atoms with Crippen molar-refractivity contribution in [3.8, 4) is 11.3 Å². The Morgan fingerprint density at radius 3 is 2.43 bits per heavy atom. The normalized spacial score (nSPS) is 20.2. The van der Waals surface area contributed by atoms with Gasteiger partial charge >= 0.3 is 6.18 Å². The third kappa shape index (κ3) is 5.13. The van der Waals surface area contributed by atoms with Gasteiger partial charge in [-0.15, -0.1) is 0 Å². The number of pyridine rings is 1. The molecule has 166 valence electrons. The third-order valence-electron chi connectivity index (χ3n) is 5.54. The first-order chi connectivity index (χ1) is 14.1. The fourth-order valence-electron chi connectivity index (χ4n) is 3.73. The average molecular weight is 425 g/mol. The molecule has 6 nitrogen and oxygen atoms in total. The molecule has 0 spiro atoms. The molecule has 0 aliphatic carbocycles. The SMILES string of the molecule is CC(C)c1nc(-c2cnc(N)c(C(F)(F)F)c2)cn1C.CC1CCN(C2COC2)C1. The highest BCUT2D eigenvalue weighted by Crippen LogP contribution is 2.35. The zero-order chi connectivity index (χ0) is 22.1. The number of nitrogen functional groups attached to an aromatic ring is 1. The molecule has 0 saturated carbocycles. The van der Waals surface area contributed by atoms with Crippen molar-refractivity contribution in [1.29, 1.82) is 0 Å². The first kappa shape index (κ1) is 22.6. The number of likely N-dealkylation sites (tertiary alicyclic amines) is 1. The molecule has 0 amide bonds. The Labute approximate surface area is 175 Å². The summed E-state index contributed by atoms with van der Waals surface area (Å²) in [5.41, 5.74) is 5.10. The summed E-state index contributed by atoms with van der Waals surface area (Å²) in [4.78, 5) is 10.5. The van der Waals surface area contributed by atoms with Crippen molar-refractivity contribution in [3.05, 3.63) is 29.8 Å². The van der Waals surface area contributed by atoms with Gasteiger partial charge in [0.25, 0.3) is 0 Å². The summed E-state index contributed by atoms with van der Waals surface area (Å²) in [7, 11) is 1.81. The number of hydrogen-bond acceptors (Lipinski definition) is 5. The van der Waals surface area contributed by atoms with Gasteiger partial charge in [-0.2, -0.15) is 13.2 Å². The first-order valence-corrected chi connectivity index (χ1v) is 10.2. The van der Waals surface area contributed by atoms with Crippen LogP contribution >= 0.6 is 0 Å². The number of ether oxygens (including phenoxy) is 1. The molecule has 1 unspecified atom stereocenters. The van der Waals surface area contributed by atoms with Crippen LogP contribution in [-0.2, 0) is 18.0 Å². The zero-order valence-electron chi connectivity index (χ0n) is 17.9. The molecule has 2 fully saturated rings. The van der Waals surface area contributed by atoms with Crippen molar-refractivity contribution >= 4 is 5.82 Å². The highest BCUT2D eigenvalue weighted by Gasteiger charge is 2.34. The predicted molar refractivity (Wildman–Crippen MR) is 110 cm³/mol. The maximum atomic E-state index is 12.8. The largest absolute Gasteiger partial charge is 0.419 e. The van der Waals surface area contributed by atoms with Gasteiger partial charge in [0.2, 0.25) is 0 Å². The molecular formula is C21H30F3N5O. The summed E-state index contributed by atoms with van der Waals surface area (Å²) in [6.45, 7) is 10.8. The molecule has 4 heterocycles. The Morgan fingerprint density at radius 2 is 1.97 bits per heavy atom. The quantitative estimate of drug-likeness (QED) is 0.807. The molecule has 0 radical (unpaired) electrons. The Kier molecular flexibility index (Phi) is 6.71. The zero-order valence-corrected chi connectivity index (χ0v) is 17.9. The van der Waals surface area contributed by atoms with E-state index in [9.17, 15) is 13.2 Å². The van der Waals surface area contributed by atoms with Crippen LogP contribution in [-0.4, -0.2) is 51.8 Å². The van der Waals surface area contributed by atoms with Crippen molar-refractivity contribution < 1.29 is 17.9 Å². The van der Waals surface area contributed by atoms with Crippen LogP contribution in [0, 0.1) is 5.92 Å². The van der Waals surface area contributed by atoms with Gasteiger partial charge in [-0.25, -0.2) is 9.97 Å². The van der Waals surface area contributed by atoms with E-state index in [0.717, 1.165) is 37.1 Å². The van der Waals surface area contributed by atoms with Gasteiger partial charge in [0.1, 0.15) is 11.6 Å². The van der Waals surface area contributed by atoms with Gasteiger partial charge in [-0.3, -0.25) is 4.90 Å². The number of hydrogen-bond donors (Lipinski definition) is 1. The van der Waals surface area contributed by atoms with E-state index in [4.69, 9.17) is 10.5 Å². The van der Waals surface area contributed by atoms with Crippen molar-refractivity contribution in [2.75, 3.05) is 32.0 Å². The van der Waals surface area contributed by atoms with Crippen LogP contribution in [0.1, 0.15) is 44.5 Å². The summed E-state index contributed by atoms with van der Waals surface area (Å²) >= 11 is 0. The number of aryl methyl sites for hydroxylation is 1. The number of nitrogens with two attached hydrogens (primary N) is 1. The van der Waals surface area contributed by atoms with Gasteiger partial charge in [0.15, 0.2) is 0 Å². The molecule has 2 aromatic rings. The molecule has 2 aromatic heterocycles. The monoisotopic (exact) mass is 425 g/mol. The molecule has 1 atom stereocenters. The fourth-order valence-corrected chi connectivity index (χ4v) is 3.73. The Morgan fingerprint density at radius 1 is 1.27 bits per heavy atom.